The second-order valence-corrected chi connectivity index (χ2v) is 5.49. The van der Waals surface area contributed by atoms with Crippen LogP contribution in [-0.2, 0) is 0 Å². The summed E-state index contributed by atoms with van der Waals surface area (Å²) in [6.45, 7) is -0.831. The Hall–Kier alpha value is -2.30. The molecule has 1 aromatic rings. The molecule has 0 radical (unpaired) electrons. The number of halogens is 12. The Kier molecular flexibility index (Phi) is 8.15. The summed E-state index contributed by atoms with van der Waals surface area (Å²) in [5.74, 6) is -6.41. The van der Waals surface area contributed by atoms with Gasteiger partial charge in [0.2, 0.25) is 5.75 Å². The van der Waals surface area contributed by atoms with Crippen LogP contribution in [-0.4, -0.2) is 49.3 Å². The number of nitrogens with two attached hydrogens (primary N) is 1. The maximum Gasteiger partial charge on any atom is 0.461 e. The van der Waals surface area contributed by atoms with E-state index in [-0.39, 0.29) is 12.1 Å². The van der Waals surface area contributed by atoms with Crippen molar-refractivity contribution in [2.45, 2.75) is 43.7 Å². The van der Waals surface area contributed by atoms with Crippen LogP contribution in [0.25, 0.3) is 0 Å². The zero-order valence-electron chi connectivity index (χ0n) is 14.5. The monoisotopic (exact) mass is 485 g/mol. The van der Waals surface area contributed by atoms with E-state index in [4.69, 9.17) is 5.73 Å². The van der Waals surface area contributed by atoms with Gasteiger partial charge in [0.15, 0.2) is 11.5 Å². The van der Waals surface area contributed by atoms with E-state index in [9.17, 15) is 57.8 Å². The van der Waals surface area contributed by atoms with Gasteiger partial charge in [-0.3, -0.25) is 0 Å². The third-order valence-corrected chi connectivity index (χ3v) is 3.14. The zero-order chi connectivity index (χ0) is 24.4. The molecule has 0 bridgehead atoms. The third kappa shape index (κ3) is 6.59. The molecular formula is C14H11F12NO4. The van der Waals surface area contributed by atoms with Crippen LogP contribution in [0.15, 0.2) is 12.1 Å². The Morgan fingerprint density at radius 2 is 1.03 bits per heavy atom. The van der Waals surface area contributed by atoms with Gasteiger partial charge >= 0.3 is 37.6 Å². The van der Waals surface area contributed by atoms with E-state index in [1.54, 1.807) is 0 Å². The van der Waals surface area contributed by atoms with Gasteiger partial charge in [0, 0.05) is 6.54 Å². The van der Waals surface area contributed by atoms with Crippen LogP contribution >= 0.6 is 0 Å². The third-order valence-electron chi connectivity index (χ3n) is 3.14. The van der Waals surface area contributed by atoms with Crippen molar-refractivity contribution in [3.8, 4) is 17.2 Å². The molecule has 180 valence electrons. The summed E-state index contributed by atoms with van der Waals surface area (Å²) in [6, 6.07) is 0.0240. The minimum atomic E-state index is -5.65. The highest BCUT2D eigenvalue weighted by Gasteiger charge is 2.50. The van der Waals surface area contributed by atoms with Crippen molar-refractivity contribution in [2.24, 2.45) is 5.73 Å². The Balaban J connectivity index is 3.77. The van der Waals surface area contributed by atoms with E-state index in [0.29, 0.717) is 0 Å². The molecule has 1 unspecified atom stereocenters. The number of hydrogen-bond donors (Lipinski definition) is 2. The first kappa shape index (κ1) is 26.7. The topological polar surface area (TPSA) is 73.9 Å². The van der Waals surface area contributed by atoms with Crippen molar-refractivity contribution in [3.63, 3.8) is 0 Å². The predicted molar refractivity (Wildman–Crippen MR) is 75.2 cm³/mol. The van der Waals surface area contributed by atoms with Crippen LogP contribution in [0.1, 0.15) is 11.7 Å². The highest BCUT2D eigenvalue weighted by atomic mass is 19.3. The maximum absolute atomic E-state index is 13.3. The van der Waals surface area contributed by atoms with Gasteiger partial charge in [-0.1, -0.05) is 0 Å². The summed E-state index contributed by atoms with van der Waals surface area (Å²) in [4.78, 5) is 0. The molecule has 31 heavy (non-hydrogen) atoms. The van der Waals surface area contributed by atoms with E-state index in [2.05, 4.69) is 14.2 Å². The summed E-state index contributed by atoms with van der Waals surface area (Å²) in [7, 11) is 0. The van der Waals surface area contributed by atoms with Gasteiger partial charge < -0.3 is 25.1 Å². The minimum Gasteiger partial charge on any atom is -0.424 e. The van der Waals surface area contributed by atoms with Gasteiger partial charge in [-0.2, -0.15) is 52.7 Å². The lowest BCUT2D eigenvalue weighted by atomic mass is 10.1. The van der Waals surface area contributed by atoms with E-state index >= 15 is 0 Å². The van der Waals surface area contributed by atoms with Crippen molar-refractivity contribution in [1.29, 1.82) is 0 Å². The molecule has 3 N–H and O–H groups in total. The van der Waals surface area contributed by atoms with E-state index in [1.807, 2.05) is 0 Å². The summed E-state index contributed by atoms with van der Waals surface area (Å²) >= 11 is 0. The highest BCUT2D eigenvalue weighted by molar-refractivity contribution is 5.55. The SMILES string of the molecule is NCC(O)c1cc(OC(F)(F)C(F)F)c(OC(F)(F)C(F)F)c(OC(F)(F)C(F)F)c1. The normalized spacial score (nSPS) is 14.4. The van der Waals surface area contributed by atoms with Crippen molar-refractivity contribution in [1.82, 2.24) is 0 Å². The standard InChI is InChI=1S/C14H11F12NO4/c15-9(16)12(21,22)29-6-1-4(5(28)3-27)2-7(30-13(23,24)10(17)18)8(6)31-14(25,26)11(19)20/h1-2,5,9-11,28H,3,27H2. The molecule has 0 aliphatic carbocycles. The van der Waals surface area contributed by atoms with Gasteiger partial charge in [-0.15, -0.1) is 0 Å². The first-order valence-corrected chi connectivity index (χ1v) is 7.55. The molecule has 0 fully saturated rings. The van der Waals surface area contributed by atoms with Crippen LogP contribution in [0, 0.1) is 0 Å². The van der Waals surface area contributed by atoms with Gasteiger partial charge in [0.25, 0.3) is 0 Å². The molecule has 0 saturated carbocycles. The molecular weight excluding hydrogens is 474 g/mol. The lowest BCUT2D eigenvalue weighted by Gasteiger charge is -2.26. The van der Waals surface area contributed by atoms with Crippen LogP contribution in [0.3, 0.4) is 0 Å². The predicted octanol–water partition coefficient (Wildman–Crippen LogP) is 4.39. The first-order valence-electron chi connectivity index (χ1n) is 7.55. The van der Waals surface area contributed by atoms with Gasteiger partial charge in [-0.25, -0.2) is 0 Å². The average Bonchev–Trinajstić information content (AvgIpc) is 2.62. The fourth-order valence-corrected chi connectivity index (χ4v) is 1.74. The van der Waals surface area contributed by atoms with E-state index in [0.717, 1.165) is 0 Å². The largest absolute Gasteiger partial charge is 0.461 e. The number of aliphatic hydroxyl groups excluding tert-OH is 1. The van der Waals surface area contributed by atoms with Gasteiger partial charge in [0.05, 0.1) is 6.10 Å². The van der Waals surface area contributed by atoms with Gasteiger partial charge in [0.1, 0.15) is 0 Å². The molecule has 0 saturated heterocycles. The molecule has 1 aromatic carbocycles. The quantitative estimate of drug-likeness (QED) is 0.455. The van der Waals surface area contributed by atoms with E-state index < -0.39 is 73.1 Å². The molecule has 0 amide bonds. The smallest absolute Gasteiger partial charge is 0.424 e. The van der Waals surface area contributed by atoms with Crippen LogP contribution in [0.4, 0.5) is 52.7 Å². The molecule has 0 spiro atoms. The molecule has 17 heteroatoms. The molecule has 5 nitrogen and oxygen atoms in total. The first-order chi connectivity index (χ1) is 13.9. The second kappa shape index (κ2) is 9.46. The Labute approximate surface area is 164 Å². The number of rotatable bonds is 11. The Morgan fingerprint density at radius 3 is 1.32 bits per heavy atom. The molecule has 0 aliphatic heterocycles. The van der Waals surface area contributed by atoms with Crippen LogP contribution in [0.2, 0.25) is 0 Å². The molecule has 1 atom stereocenters. The van der Waals surface area contributed by atoms with Crippen LogP contribution < -0.4 is 19.9 Å². The van der Waals surface area contributed by atoms with Crippen molar-refractivity contribution in [2.75, 3.05) is 6.54 Å². The average molecular weight is 485 g/mol. The minimum absolute atomic E-state index is 0.0120. The van der Waals surface area contributed by atoms with Crippen LogP contribution in [0.5, 0.6) is 17.2 Å². The van der Waals surface area contributed by atoms with Gasteiger partial charge in [-0.05, 0) is 17.7 Å². The number of benzene rings is 1. The maximum atomic E-state index is 13.3. The number of ether oxygens (including phenoxy) is 3. The molecule has 0 aliphatic rings. The summed E-state index contributed by atoms with van der Waals surface area (Å²) in [5.41, 5.74) is 4.08. The summed E-state index contributed by atoms with van der Waals surface area (Å²) < 4.78 is 164. The molecule has 0 aromatic heterocycles. The van der Waals surface area contributed by atoms with Crippen molar-refractivity contribution < 1.29 is 72.0 Å². The lowest BCUT2D eigenvalue weighted by Crippen LogP contribution is -2.37. The fraction of sp³-hybridized carbons (Fsp3) is 0.571. The molecule has 0 heterocycles. The summed E-state index contributed by atoms with van der Waals surface area (Å²) in [5, 5.41) is 9.59. The van der Waals surface area contributed by atoms with Crippen molar-refractivity contribution >= 4 is 0 Å². The zero-order valence-corrected chi connectivity index (χ0v) is 14.5. The van der Waals surface area contributed by atoms with Crippen molar-refractivity contribution in [3.05, 3.63) is 17.7 Å². The summed E-state index contributed by atoms with van der Waals surface area (Å²) in [6.07, 6.45) is -32.9. The lowest BCUT2D eigenvalue weighted by molar-refractivity contribution is -0.270. The highest BCUT2D eigenvalue weighted by Crippen LogP contribution is 2.47. The number of aliphatic hydroxyl groups is 1. The molecule has 1 rings (SSSR count). The van der Waals surface area contributed by atoms with E-state index in [1.165, 1.54) is 0 Å². The second-order valence-electron chi connectivity index (χ2n) is 5.49. The fourth-order valence-electron chi connectivity index (χ4n) is 1.74. The Bertz CT molecular complexity index is 703. The number of hydrogen-bond acceptors (Lipinski definition) is 5. The number of alkyl halides is 12. The Morgan fingerprint density at radius 1 is 0.710 bits per heavy atom.